The Kier molecular flexibility index (Phi) is 5.63. The van der Waals surface area contributed by atoms with E-state index in [4.69, 9.17) is 5.73 Å². The van der Waals surface area contributed by atoms with Crippen LogP contribution >= 0.6 is 0 Å². The molecule has 1 aliphatic rings. The van der Waals surface area contributed by atoms with Gasteiger partial charge in [0.2, 0.25) is 11.8 Å². The van der Waals surface area contributed by atoms with Gasteiger partial charge >= 0.3 is 0 Å². The number of halogens is 1. The third kappa shape index (κ3) is 4.46. The number of carbonyl (C=O) groups excluding carboxylic acids is 2. The fourth-order valence-electron chi connectivity index (χ4n) is 3.22. The van der Waals surface area contributed by atoms with Crippen molar-refractivity contribution in [3.05, 3.63) is 65.5 Å². The molecule has 3 N–H and O–H groups in total. The van der Waals surface area contributed by atoms with Gasteiger partial charge in [-0.05, 0) is 50.2 Å². The summed E-state index contributed by atoms with van der Waals surface area (Å²) >= 11 is 0. The molecule has 0 bridgehead atoms. The summed E-state index contributed by atoms with van der Waals surface area (Å²) in [7, 11) is 0. The molecule has 1 fully saturated rings. The van der Waals surface area contributed by atoms with Gasteiger partial charge in [0.1, 0.15) is 5.82 Å². The second-order valence-electron chi connectivity index (χ2n) is 6.58. The second kappa shape index (κ2) is 8.10. The van der Waals surface area contributed by atoms with Crippen LogP contribution in [0.4, 0.5) is 10.1 Å². The molecule has 2 aromatic carbocycles. The molecule has 136 valence electrons. The van der Waals surface area contributed by atoms with Crippen molar-refractivity contribution in [2.75, 3.05) is 18.4 Å². The molecular weight excluding hydrogens is 333 g/mol. The normalized spacial score (nSPS) is 15.6. The second-order valence-corrected chi connectivity index (χ2v) is 6.58. The molecular formula is C20H22FN3O2. The SMILES string of the molecule is NC(=O)c1cccc(NC(=O)C2CCN(Cc3ccccc3F)CC2)c1. The zero-order chi connectivity index (χ0) is 18.5. The Morgan fingerprint density at radius 2 is 1.85 bits per heavy atom. The predicted octanol–water partition coefficient (Wildman–Crippen LogP) is 2.78. The van der Waals surface area contributed by atoms with E-state index in [1.807, 2.05) is 6.07 Å². The molecule has 2 aromatic rings. The lowest BCUT2D eigenvalue weighted by Gasteiger charge is -2.31. The number of likely N-dealkylation sites (tertiary alicyclic amines) is 1. The molecule has 1 heterocycles. The maximum atomic E-state index is 13.8. The fraction of sp³-hybridized carbons (Fsp3) is 0.300. The summed E-state index contributed by atoms with van der Waals surface area (Å²) < 4.78 is 13.8. The third-order valence-electron chi connectivity index (χ3n) is 4.72. The molecule has 3 rings (SSSR count). The molecule has 0 atom stereocenters. The average molecular weight is 355 g/mol. The standard InChI is InChI=1S/C20H22FN3O2/c21-18-7-2-1-4-16(18)13-24-10-8-14(9-11-24)20(26)23-17-6-3-5-15(12-17)19(22)25/h1-7,12,14H,8-11,13H2,(H2,22,25)(H,23,26). The maximum absolute atomic E-state index is 13.8. The molecule has 1 saturated heterocycles. The van der Waals surface area contributed by atoms with E-state index >= 15 is 0 Å². The third-order valence-corrected chi connectivity index (χ3v) is 4.72. The number of hydrogen-bond acceptors (Lipinski definition) is 3. The molecule has 0 saturated carbocycles. The van der Waals surface area contributed by atoms with E-state index < -0.39 is 5.91 Å². The van der Waals surface area contributed by atoms with Gasteiger partial charge in [0.05, 0.1) is 0 Å². The highest BCUT2D eigenvalue weighted by Crippen LogP contribution is 2.22. The van der Waals surface area contributed by atoms with Gasteiger partial charge in [0.25, 0.3) is 0 Å². The lowest BCUT2D eigenvalue weighted by molar-refractivity contribution is -0.121. The van der Waals surface area contributed by atoms with Crippen LogP contribution in [0.1, 0.15) is 28.8 Å². The first-order chi connectivity index (χ1) is 12.5. The number of nitrogens with one attached hydrogen (secondary N) is 1. The first kappa shape index (κ1) is 18.1. The van der Waals surface area contributed by atoms with Gasteiger partial charge in [-0.2, -0.15) is 0 Å². The van der Waals surface area contributed by atoms with Crippen molar-refractivity contribution in [1.82, 2.24) is 4.90 Å². The van der Waals surface area contributed by atoms with Gasteiger partial charge in [0, 0.05) is 29.3 Å². The van der Waals surface area contributed by atoms with Crippen LogP contribution in [0.15, 0.2) is 48.5 Å². The van der Waals surface area contributed by atoms with Crippen molar-refractivity contribution in [2.24, 2.45) is 11.7 Å². The number of anilines is 1. The molecule has 1 aliphatic heterocycles. The van der Waals surface area contributed by atoms with Crippen molar-refractivity contribution in [2.45, 2.75) is 19.4 Å². The number of nitrogens with zero attached hydrogens (tertiary/aromatic N) is 1. The van der Waals surface area contributed by atoms with Crippen molar-refractivity contribution in [3.8, 4) is 0 Å². The summed E-state index contributed by atoms with van der Waals surface area (Å²) in [5.41, 5.74) is 6.87. The zero-order valence-electron chi connectivity index (χ0n) is 14.5. The van der Waals surface area contributed by atoms with Crippen molar-refractivity contribution in [3.63, 3.8) is 0 Å². The quantitative estimate of drug-likeness (QED) is 0.866. The average Bonchev–Trinajstić information content (AvgIpc) is 2.64. The minimum absolute atomic E-state index is 0.0582. The van der Waals surface area contributed by atoms with Crippen molar-refractivity contribution in [1.29, 1.82) is 0 Å². The first-order valence-electron chi connectivity index (χ1n) is 8.69. The lowest BCUT2D eigenvalue weighted by atomic mass is 9.95. The summed E-state index contributed by atoms with van der Waals surface area (Å²) in [6.07, 6.45) is 1.44. The Morgan fingerprint density at radius 3 is 2.54 bits per heavy atom. The smallest absolute Gasteiger partial charge is 0.248 e. The zero-order valence-corrected chi connectivity index (χ0v) is 14.5. The Balaban J connectivity index is 1.53. The van der Waals surface area contributed by atoms with Crippen LogP contribution in [-0.2, 0) is 11.3 Å². The van der Waals surface area contributed by atoms with Gasteiger partial charge in [-0.3, -0.25) is 14.5 Å². The van der Waals surface area contributed by atoms with Crippen LogP contribution in [-0.4, -0.2) is 29.8 Å². The summed E-state index contributed by atoms with van der Waals surface area (Å²) in [5.74, 6) is -0.870. The maximum Gasteiger partial charge on any atom is 0.248 e. The molecule has 0 spiro atoms. The Bertz CT molecular complexity index is 801. The highest BCUT2D eigenvalue weighted by Gasteiger charge is 2.25. The van der Waals surface area contributed by atoms with E-state index in [1.165, 1.54) is 6.07 Å². The van der Waals surface area contributed by atoms with E-state index in [0.717, 1.165) is 25.9 Å². The van der Waals surface area contributed by atoms with E-state index in [1.54, 1.807) is 36.4 Å². The highest BCUT2D eigenvalue weighted by molar-refractivity contribution is 5.96. The summed E-state index contributed by atoms with van der Waals surface area (Å²) in [6.45, 7) is 2.04. The first-order valence-corrected chi connectivity index (χ1v) is 8.69. The molecule has 0 aliphatic carbocycles. The highest BCUT2D eigenvalue weighted by atomic mass is 19.1. The largest absolute Gasteiger partial charge is 0.366 e. The van der Waals surface area contributed by atoms with Crippen LogP contribution in [0.2, 0.25) is 0 Å². The molecule has 6 heteroatoms. The molecule has 0 aromatic heterocycles. The van der Waals surface area contributed by atoms with Gasteiger partial charge < -0.3 is 11.1 Å². The summed E-state index contributed by atoms with van der Waals surface area (Å²) in [4.78, 5) is 25.9. The monoisotopic (exact) mass is 355 g/mol. The van der Waals surface area contributed by atoms with Crippen molar-refractivity contribution >= 4 is 17.5 Å². The number of piperidine rings is 1. The van der Waals surface area contributed by atoms with Gasteiger partial charge in [0.15, 0.2) is 0 Å². The predicted molar refractivity (Wildman–Crippen MR) is 98.0 cm³/mol. The van der Waals surface area contributed by atoms with Crippen LogP contribution < -0.4 is 11.1 Å². The topological polar surface area (TPSA) is 75.4 Å². The fourth-order valence-corrected chi connectivity index (χ4v) is 3.22. The number of carbonyl (C=O) groups is 2. The van der Waals surface area contributed by atoms with Crippen LogP contribution in [0.5, 0.6) is 0 Å². The number of primary amides is 1. The van der Waals surface area contributed by atoms with Gasteiger partial charge in [-0.15, -0.1) is 0 Å². The molecule has 2 amide bonds. The summed E-state index contributed by atoms with van der Waals surface area (Å²) in [5, 5.41) is 2.86. The van der Waals surface area contributed by atoms with E-state index in [-0.39, 0.29) is 17.6 Å². The van der Waals surface area contributed by atoms with Crippen LogP contribution in [0, 0.1) is 11.7 Å². The van der Waals surface area contributed by atoms with Gasteiger partial charge in [-0.25, -0.2) is 4.39 Å². The molecule has 26 heavy (non-hydrogen) atoms. The minimum atomic E-state index is -0.525. The Hall–Kier alpha value is -2.73. The Morgan fingerprint density at radius 1 is 1.12 bits per heavy atom. The van der Waals surface area contributed by atoms with Crippen LogP contribution in [0.25, 0.3) is 0 Å². The number of rotatable bonds is 5. The van der Waals surface area contributed by atoms with E-state index in [9.17, 15) is 14.0 Å². The van der Waals surface area contributed by atoms with E-state index in [2.05, 4.69) is 10.2 Å². The number of nitrogens with two attached hydrogens (primary N) is 1. The molecule has 0 unspecified atom stereocenters. The van der Waals surface area contributed by atoms with Gasteiger partial charge in [-0.1, -0.05) is 24.3 Å². The van der Waals surface area contributed by atoms with E-state index in [0.29, 0.717) is 23.4 Å². The summed E-state index contributed by atoms with van der Waals surface area (Å²) in [6, 6.07) is 13.4. The molecule has 0 radical (unpaired) electrons. The van der Waals surface area contributed by atoms with Crippen LogP contribution in [0.3, 0.4) is 0 Å². The minimum Gasteiger partial charge on any atom is -0.366 e. The van der Waals surface area contributed by atoms with Crippen molar-refractivity contribution < 1.29 is 14.0 Å². The molecule has 5 nitrogen and oxygen atoms in total. The number of amides is 2. The number of benzene rings is 2. The lowest BCUT2D eigenvalue weighted by Crippen LogP contribution is -2.37. The number of hydrogen-bond donors (Lipinski definition) is 2. The Labute approximate surface area is 152 Å².